The molecule has 0 fully saturated rings. The van der Waals surface area contributed by atoms with Crippen LogP contribution in [0.15, 0.2) is 36.5 Å². The van der Waals surface area contributed by atoms with Crippen LogP contribution in [0.1, 0.15) is 15.9 Å². The highest BCUT2D eigenvalue weighted by Gasteiger charge is 2.10. The van der Waals surface area contributed by atoms with Crippen LogP contribution >= 0.6 is 0 Å². The number of nitrogens with one attached hydrogen (secondary N) is 1. The molecule has 0 aliphatic heterocycles. The average Bonchev–Trinajstić information content (AvgIpc) is 2.49. The van der Waals surface area contributed by atoms with Gasteiger partial charge in [-0.25, -0.2) is 4.98 Å². The number of para-hydroxylation sites is 1. The quantitative estimate of drug-likeness (QED) is 0.745. The largest absolute Gasteiger partial charge is 0.496 e. The molecule has 110 valence electrons. The lowest BCUT2D eigenvalue weighted by molar-refractivity contribution is 0.100. The molecular formula is C15H18N4O2. The van der Waals surface area contributed by atoms with Crippen LogP contribution in [0.25, 0.3) is 0 Å². The zero-order valence-electron chi connectivity index (χ0n) is 11.8. The van der Waals surface area contributed by atoms with Crippen LogP contribution < -0.4 is 21.5 Å². The predicted molar refractivity (Wildman–Crippen MR) is 82.4 cm³/mol. The molecule has 6 nitrogen and oxygen atoms in total. The molecule has 1 heterocycles. The summed E-state index contributed by atoms with van der Waals surface area (Å²) in [6, 6.07) is 9.29. The van der Waals surface area contributed by atoms with Crippen molar-refractivity contribution in [3.8, 4) is 5.75 Å². The van der Waals surface area contributed by atoms with E-state index in [1.165, 1.54) is 12.3 Å². The molecule has 0 saturated heterocycles. The zero-order valence-corrected chi connectivity index (χ0v) is 11.8. The molecule has 1 amide bonds. The maximum absolute atomic E-state index is 11.4. The molecule has 2 rings (SSSR count). The minimum atomic E-state index is -0.561. The first-order valence-corrected chi connectivity index (χ1v) is 6.53. The van der Waals surface area contributed by atoms with Gasteiger partial charge in [-0.05, 0) is 24.1 Å². The number of nitrogens with zero attached hydrogens (tertiary/aromatic N) is 1. The number of aromatic nitrogens is 1. The summed E-state index contributed by atoms with van der Waals surface area (Å²) < 4.78 is 5.29. The number of ether oxygens (including phenoxy) is 1. The van der Waals surface area contributed by atoms with Crippen molar-refractivity contribution < 1.29 is 9.53 Å². The third-order valence-corrected chi connectivity index (χ3v) is 3.05. The lowest BCUT2D eigenvalue weighted by Crippen LogP contribution is -2.17. The minimum absolute atomic E-state index is 0.287. The average molecular weight is 286 g/mol. The summed E-state index contributed by atoms with van der Waals surface area (Å²) in [6.45, 7) is 0.595. The van der Waals surface area contributed by atoms with E-state index in [0.29, 0.717) is 18.1 Å². The Kier molecular flexibility index (Phi) is 4.61. The first kappa shape index (κ1) is 14.6. The standard InChI is InChI=1S/C15H18N4O2/c1-21-13-5-3-2-4-10(13)6-7-18-15-12(14(17)20)8-11(16)9-19-15/h2-5,8-9H,6-7,16H2,1H3,(H2,17,20)(H,18,19). The van der Waals surface area contributed by atoms with E-state index in [1.807, 2.05) is 24.3 Å². The molecular weight excluding hydrogens is 268 g/mol. The first-order chi connectivity index (χ1) is 10.1. The van der Waals surface area contributed by atoms with Crippen LogP contribution in [0.4, 0.5) is 11.5 Å². The van der Waals surface area contributed by atoms with E-state index >= 15 is 0 Å². The van der Waals surface area contributed by atoms with Gasteiger partial charge in [0.05, 0.1) is 24.6 Å². The topological polar surface area (TPSA) is 103 Å². The van der Waals surface area contributed by atoms with E-state index < -0.39 is 5.91 Å². The molecule has 21 heavy (non-hydrogen) atoms. The predicted octanol–water partition coefficient (Wildman–Crippen LogP) is 1.43. The molecule has 0 radical (unpaired) electrons. The minimum Gasteiger partial charge on any atom is -0.496 e. The van der Waals surface area contributed by atoms with Gasteiger partial charge >= 0.3 is 0 Å². The Morgan fingerprint density at radius 3 is 2.86 bits per heavy atom. The fourth-order valence-corrected chi connectivity index (χ4v) is 2.03. The van der Waals surface area contributed by atoms with Gasteiger partial charge in [-0.3, -0.25) is 4.79 Å². The van der Waals surface area contributed by atoms with E-state index in [4.69, 9.17) is 16.2 Å². The summed E-state index contributed by atoms with van der Waals surface area (Å²) in [4.78, 5) is 15.5. The van der Waals surface area contributed by atoms with Crippen LogP contribution in [-0.4, -0.2) is 24.5 Å². The molecule has 0 unspecified atom stereocenters. The lowest BCUT2D eigenvalue weighted by atomic mass is 10.1. The van der Waals surface area contributed by atoms with Gasteiger partial charge in [-0.15, -0.1) is 0 Å². The van der Waals surface area contributed by atoms with Crippen molar-refractivity contribution in [2.75, 3.05) is 24.7 Å². The normalized spacial score (nSPS) is 10.1. The fourth-order valence-electron chi connectivity index (χ4n) is 2.03. The van der Waals surface area contributed by atoms with Crippen LogP contribution in [0.3, 0.4) is 0 Å². The highest BCUT2D eigenvalue weighted by atomic mass is 16.5. The molecule has 0 saturated carbocycles. The van der Waals surface area contributed by atoms with Gasteiger partial charge in [0.15, 0.2) is 0 Å². The van der Waals surface area contributed by atoms with Gasteiger partial charge in [0.2, 0.25) is 0 Å². The lowest BCUT2D eigenvalue weighted by Gasteiger charge is -2.11. The second-order valence-corrected chi connectivity index (χ2v) is 4.52. The van der Waals surface area contributed by atoms with Gasteiger partial charge in [-0.2, -0.15) is 0 Å². The monoisotopic (exact) mass is 286 g/mol. The molecule has 5 N–H and O–H groups in total. The van der Waals surface area contributed by atoms with Crippen molar-refractivity contribution in [3.63, 3.8) is 0 Å². The number of anilines is 2. The van der Waals surface area contributed by atoms with Crippen molar-refractivity contribution >= 4 is 17.4 Å². The zero-order chi connectivity index (χ0) is 15.2. The Morgan fingerprint density at radius 2 is 2.14 bits per heavy atom. The number of hydrogen-bond donors (Lipinski definition) is 3. The second kappa shape index (κ2) is 6.60. The molecule has 0 spiro atoms. The molecule has 1 aromatic carbocycles. The third kappa shape index (κ3) is 3.62. The molecule has 2 aromatic rings. The van der Waals surface area contributed by atoms with Gasteiger partial charge < -0.3 is 21.5 Å². The number of benzene rings is 1. The smallest absolute Gasteiger partial charge is 0.252 e. The molecule has 1 aromatic heterocycles. The number of methoxy groups -OCH3 is 1. The van der Waals surface area contributed by atoms with E-state index in [2.05, 4.69) is 10.3 Å². The highest BCUT2D eigenvalue weighted by molar-refractivity contribution is 5.98. The van der Waals surface area contributed by atoms with Crippen molar-refractivity contribution in [1.29, 1.82) is 0 Å². The van der Waals surface area contributed by atoms with Crippen molar-refractivity contribution in [3.05, 3.63) is 47.7 Å². The number of hydrogen-bond acceptors (Lipinski definition) is 5. The summed E-state index contributed by atoms with van der Waals surface area (Å²) in [5.74, 6) is 0.709. The number of amides is 1. The molecule has 6 heteroatoms. The fraction of sp³-hybridized carbons (Fsp3) is 0.200. The van der Waals surface area contributed by atoms with Crippen molar-refractivity contribution in [2.45, 2.75) is 6.42 Å². The van der Waals surface area contributed by atoms with Gasteiger partial charge in [-0.1, -0.05) is 18.2 Å². The maximum Gasteiger partial charge on any atom is 0.252 e. The Balaban J connectivity index is 2.05. The maximum atomic E-state index is 11.4. The van der Waals surface area contributed by atoms with Crippen LogP contribution in [0.5, 0.6) is 5.75 Å². The number of rotatable bonds is 6. The SMILES string of the molecule is COc1ccccc1CCNc1ncc(N)cc1C(N)=O. The van der Waals surface area contributed by atoms with Gasteiger partial charge in [0.1, 0.15) is 11.6 Å². The Bertz CT molecular complexity index is 643. The number of nitrogen functional groups attached to an aromatic ring is 1. The van der Waals surface area contributed by atoms with Crippen molar-refractivity contribution in [1.82, 2.24) is 4.98 Å². The molecule has 0 aliphatic carbocycles. The number of carbonyl (C=O) groups is 1. The summed E-state index contributed by atoms with van der Waals surface area (Å²) >= 11 is 0. The van der Waals surface area contributed by atoms with Crippen LogP contribution in [-0.2, 0) is 6.42 Å². The molecule has 0 atom stereocenters. The Hall–Kier alpha value is -2.76. The van der Waals surface area contributed by atoms with Gasteiger partial charge in [0, 0.05) is 6.54 Å². The Labute approximate surface area is 123 Å². The first-order valence-electron chi connectivity index (χ1n) is 6.53. The van der Waals surface area contributed by atoms with E-state index in [1.54, 1.807) is 7.11 Å². The number of carbonyl (C=O) groups excluding carboxylic acids is 1. The molecule has 0 aliphatic rings. The van der Waals surface area contributed by atoms with E-state index in [0.717, 1.165) is 17.7 Å². The Morgan fingerprint density at radius 1 is 1.38 bits per heavy atom. The third-order valence-electron chi connectivity index (χ3n) is 3.05. The summed E-state index contributed by atoms with van der Waals surface area (Å²) in [5.41, 5.74) is 12.7. The number of primary amides is 1. The summed E-state index contributed by atoms with van der Waals surface area (Å²) in [5, 5.41) is 3.10. The van der Waals surface area contributed by atoms with Crippen molar-refractivity contribution in [2.24, 2.45) is 5.73 Å². The summed E-state index contributed by atoms with van der Waals surface area (Å²) in [7, 11) is 1.64. The van der Waals surface area contributed by atoms with E-state index in [9.17, 15) is 4.79 Å². The summed E-state index contributed by atoms with van der Waals surface area (Å²) in [6.07, 6.45) is 2.21. The second-order valence-electron chi connectivity index (χ2n) is 4.52. The number of pyridine rings is 1. The molecule has 0 bridgehead atoms. The van der Waals surface area contributed by atoms with Gasteiger partial charge in [0.25, 0.3) is 5.91 Å². The highest BCUT2D eigenvalue weighted by Crippen LogP contribution is 2.19. The van der Waals surface area contributed by atoms with E-state index in [-0.39, 0.29) is 5.56 Å². The van der Waals surface area contributed by atoms with Crippen LogP contribution in [0, 0.1) is 0 Å². The van der Waals surface area contributed by atoms with Crippen LogP contribution in [0.2, 0.25) is 0 Å². The number of nitrogens with two attached hydrogens (primary N) is 2.